The first-order valence-electron chi connectivity index (χ1n) is 15.2. The Balaban J connectivity index is 1.82. The number of anilines is 1. The van der Waals surface area contributed by atoms with E-state index in [4.69, 9.17) is 4.74 Å². The molecule has 0 bridgehead atoms. The Labute approximate surface area is 275 Å². The lowest BCUT2D eigenvalue weighted by molar-refractivity contribution is -0.384. The fourth-order valence-corrected chi connectivity index (χ4v) is 6.46. The lowest BCUT2D eigenvalue weighted by Crippen LogP contribution is -2.53. The summed E-state index contributed by atoms with van der Waals surface area (Å²) in [5, 5.41) is 14.6. The molecule has 4 aromatic rings. The van der Waals surface area contributed by atoms with Gasteiger partial charge >= 0.3 is 0 Å². The van der Waals surface area contributed by atoms with Crippen molar-refractivity contribution in [1.29, 1.82) is 0 Å². The number of hydrogen-bond donors (Lipinski definition) is 1. The molecule has 12 heteroatoms. The van der Waals surface area contributed by atoms with Crippen LogP contribution in [-0.2, 0) is 32.6 Å². The maximum atomic E-state index is 14.5. The summed E-state index contributed by atoms with van der Waals surface area (Å²) in [6, 6.07) is 27.9. The number of methoxy groups -OCH3 is 1. The molecule has 0 aliphatic carbocycles. The monoisotopic (exact) mass is 658 g/mol. The number of nitrogens with one attached hydrogen (secondary N) is 1. The number of nitro groups is 1. The second-order valence-electron chi connectivity index (χ2n) is 10.8. The summed E-state index contributed by atoms with van der Waals surface area (Å²) < 4.78 is 34.4. The smallest absolute Gasteiger partial charge is 0.271 e. The second kappa shape index (κ2) is 16.4. The van der Waals surface area contributed by atoms with Gasteiger partial charge in [-0.25, -0.2) is 8.42 Å². The van der Waals surface area contributed by atoms with Crippen LogP contribution in [0.15, 0.2) is 114 Å². The van der Waals surface area contributed by atoms with Crippen molar-refractivity contribution in [1.82, 2.24) is 10.2 Å². The summed E-state index contributed by atoms with van der Waals surface area (Å²) in [5.41, 5.74) is 1.06. The number of ether oxygens (including phenoxy) is 1. The van der Waals surface area contributed by atoms with Gasteiger partial charge in [-0.2, -0.15) is 0 Å². The fourth-order valence-electron chi connectivity index (χ4n) is 5.04. The molecule has 0 radical (unpaired) electrons. The number of non-ortho nitro benzene ring substituents is 1. The quantitative estimate of drug-likeness (QED) is 0.0972. The van der Waals surface area contributed by atoms with Gasteiger partial charge in [0.1, 0.15) is 18.3 Å². The second-order valence-corrected chi connectivity index (χ2v) is 12.7. The number of carbonyl (C=O) groups is 2. The topological polar surface area (TPSA) is 139 Å². The molecule has 4 aromatic carbocycles. The predicted octanol–water partition coefficient (Wildman–Crippen LogP) is 5.36. The molecule has 11 nitrogen and oxygen atoms in total. The molecule has 1 N–H and O–H groups in total. The van der Waals surface area contributed by atoms with Gasteiger partial charge in [-0.15, -0.1) is 0 Å². The normalized spacial score (nSPS) is 11.7. The minimum absolute atomic E-state index is 0.0388. The maximum absolute atomic E-state index is 14.5. The molecule has 1 unspecified atom stereocenters. The van der Waals surface area contributed by atoms with Crippen LogP contribution in [0.5, 0.6) is 5.75 Å². The summed E-state index contributed by atoms with van der Waals surface area (Å²) in [5.74, 6) is -0.511. The summed E-state index contributed by atoms with van der Waals surface area (Å²) in [6.45, 7) is 1.64. The van der Waals surface area contributed by atoms with Crippen molar-refractivity contribution in [3.63, 3.8) is 0 Å². The van der Waals surface area contributed by atoms with Crippen LogP contribution in [0, 0.1) is 10.1 Å². The summed E-state index contributed by atoms with van der Waals surface area (Å²) in [6.07, 6.45) is 1.76. The van der Waals surface area contributed by atoms with Crippen molar-refractivity contribution in [2.75, 3.05) is 24.5 Å². The molecule has 0 saturated heterocycles. The van der Waals surface area contributed by atoms with E-state index < -0.39 is 33.4 Å². The van der Waals surface area contributed by atoms with Crippen LogP contribution in [-0.4, -0.2) is 56.3 Å². The summed E-state index contributed by atoms with van der Waals surface area (Å²) in [4.78, 5) is 40.6. The molecule has 0 aliphatic heterocycles. The Kier molecular flexibility index (Phi) is 12.1. The highest BCUT2D eigenvalue weighted by atomic mass is 32.2. The van der Waals surface area contributed by atoms with Crippen LogP contribution in [0.2, 0.25) is 0 Å². The lowest BCUT2D eigenvalue weighted by Gasteiger charge is -2.34. The van der Waals surface area contributed by atoms with Gasteiger partial charge in [-0.3, -0.25) is 24.0 Å². The van der Waals surface area contributed by atoms with E-state index in [-0.39, 0.29) is 35.1 Å². The Bertz CT molecular complexity index is 1770. The molecule has 4 rings (SSSR count). The molecule has 0 saturated carbocycles. The van der Waals surface area contributed by atoms with E-state index in [1.165, 1.54) is 42.3 Å². The molecule has 1 atom stereocenters. The number of sulfonamides is 1. The minimum atomic E-state index is -4.39. The van der Waals surface area contributed by atoms with E-state index >= 15 is 0 Å². The first-order valence-corrected chi connectivity index (χ1v) is 16.6. The third-order valence-electron chi connectivity index (χ3n) is 7.53. The minimum Gasteiger partial charge on any atom is -0.497 e. The molecule has 0 heterocycles. The molecule has 0 fully saturated rings. The van der Waals surface area contributed by atoms with Gasteiger partial charge in [0.05, 0.1) is 22.6 Å². The van der Waals surface area contributed by atoms with E-state index in [1.807, 2.05) is 37.3 Å². The van der Waals surface area contributed by atoms with Gasteiger partial charge in [0.15, 0.2) is 0 Å². The molecular weight excluding hydrogens is 620 g/mol. The van der Waals surface area contributed by atoms with Crippen LogP contribution >= 0.6 is 0 Å². The van der Waals surface area contributed by atoms with Crippen LogP contribution in [0.3, 0.4) is 0 Å². The van der Waals surface area contributed by atoms with E-state index in [0.29, 0.717) is 17.9 Å². The van der Waals surface area contributed by atoms with Gasteiger partial charge in [0, 0.05) is 31.6 Å². The highest BCUT2D eigenvalue weighted by Crippen LogP contribution is 2.28. The Hall–Kier alpha value is -5.23. The number of amides is 2. The molecule has 0 aromatic heterocycles. The average Bonchev–Trinajstić information content (AvgIpc) is 3.09. The number of nitrogens with zero attached hydrogens (tertiary/aromatic N) is 3. The van der Waals surface area contributed by atoms with Crippen LogP contribution in [0.1, 0.15) is 30.9 Å². The Morgan fingerprint density at radius 2 is 1.55 bits per heavy atom. The van der Waals surface area contributed by atoms with Gasteiger partial charge in [0.2, 0.25) is 11.8 Å². The van der Waals surface area contributed by atoms with Crippen LogP contribution in [0.25, 0.3) is 0 Å². The maximum Gasteiger partial charge on any atom is 0.271 e. The molecule has 2 amide bonds. The Morgan fingerprint density at radius 1 is 0.894 bits per heavy atom. The lowest BCUT2D eigenvalue weighted by atomic mass is 10.0. The Morgan fingerprint density at radius 3 is 2.21 bits per heavy atom. The van der Waals surface area contributed by atoms with Crippen molar-refractivity contribution in [3.05, 3.63) is 130 Å². The predicted molar refractivity (Wildman–Crippen MR) is 179 cm³/mol. The SMILES string of the molecule is CCCCNC(=O)C(Cc1ccccc1)N(Cc1cccc(OC)c1)C(=O)CN(c1cccc([N+](=O)[O-])c1)S(=O)(=O)c1ccccc1. The van der Waals surface area contributed by atoms with Crippen LogP contribution < -0.4 is 14.4 Å². The van der Waals surface area contributed by atoms with E-state index in [9.17, 15) is 28.1 Å². The highest BCUT2D eigenvalue weighted by molar-refractivity contribution is 7.92. The van der Waals surface area contributed by atoms with Crippen molar-refractivity contribution in [2.24, 2.45) is 0 Å². The van der Waals surface area contributed by atoms with Crippen molar-refractivity contribution in [2.45, 2.75) is 43.7 Å². The van der Waals surface area contributed by atoms with Gasteiger partial charge in [0.25, 0.3) is 15.7 Å². The third-order valence-corrected chi connectivity index (χ3v) is 9.31. The van der Waals surface area contributed by atoms with Gasteiger partial charge in [-0.1, -0.05) is 80.1 Å². The molecular formula is C35H38N4O7S. The largest absolute Gasteiger partial charge is 0.497 e. The molecule has 246 valence electrons. The number of carbonyl (C=O) groups excluding carboxylic acids is 2. The van der Waals surface area contributed by atoms with Gasteiger partial charge in [-0.05, 0) is 47.9 Å². The number of benzene rings is 4. The van der Waals surface area contributed by atoms with Crippen molar-refractivity contribution >= 4 is 33.2 Å². The average molecular weight is 659 g/mol. The zero-order valence-corrected chi connectivity index (χ0v) is 27.1. The van der Waals surface area contributed by atoms with E-state index in [2.05, 4.69) is 5.32 Å². The zero-order chi connectivity index (χ0) is 33.8. The number of hydrogen-bond acceptors (Lipinski definition) is 7. The van der Waals surface area contributed by atoms with Crippen molar-refractivity contribution < 1.29 is 27.7 Å². The third kappa shape index (κ3) is 9.17. The first kappa shape index (κ1) is 34.6. The van der Waals surface area contributed by atoms with Crippen molar-refractivity contribution in [3.8, 4) is 5.75 Å². The number of rotatable bonds is 16. The first-order chi connectivity index (χ1) is 22.6. The molecule has 0 spiro atoms. The van der Waals surface area contributed by atoms with E-state index in [1.54, 1.807) is 42.5 Å². The standard InChI is InChI=1S/C35H38N4O7S/c1-3-4-21-36-35(41)33(23-27-13-7-5-8-14-27)37(25-28-15-11-18-31(22-28)46-2)34(40)26-38(29-16-12-17-30(24-29)39(42)43)47(44,45)32-19-9-6-10-20-32/h5-20,22,24,33H,3-4,21,23,25-26H2,1-2H3,(H,36,41). The van der Waals surface area contributed by atoms with Crippen LogP contribution in [0.4, 0.5) is 11.4 Å². The van der Waals surface area contributed by atoms with E-state index in [0.717, 1.165) is 28.8 Å². The number of unbranched alkanes of at least 4 members (excludes halogenated alkanes) is 1. The summed E-state index contributed by atoms with van der Waals surface area (Å²) >= 11 is 0. The molecule has 47 heavy (non-hydrogen) atoms. The van der Waals surface area contributed by atoms with Gasteiger partial charge < -0.3 is 15.0 Å². The summed E-state index contributed by atoms with van der Waals surface area (Å²) in [7, 11) is -2.87. The zero-order valence-electron chi connectivity index (χ0n) is 26.3. The fraction of sp³-hybridized carbons (Fsp3) is 0.257. The number of nitro benzene ring substituents is 1. The highest BCUT2D eigenvalue weighted by Gasteiger charge is 2.35. The molecule has 0 aliphatic rings.